The number of primary sulfonamides is 1. The molecular weight excluding hydrogens is 378 g/mol. The average molecular weight is 404 g/mol. The molecule has 1 aliphatic rings. The zero-order chi connectivity index (χ0) is 20.3. The number of anilines is 1. The van der Waals surface area contributed by atoms with Crippen molar-refractivity contribution in [3.63, 3.8) is 0 Å². The van der Waals surface area contributed by atoms with E-state index in [1.807, 2.05) is 12.1 Å². The number of amides is 1. The van der Waals surface area contributed by atoms with Gasteiger partial charge in [-0.2, -0.15) is 0 Å². The van der Waals surface area contributed by atoms with E-state index in [-0.39, 0.29) is 16.4 Å². The summed E-state index contributed by atoms with van der Waals surface area (Å²) in [6.45, 7) is 5.73. The maximum absolute atomic E-state index is 12.7. The number of aromatic nitrogens is 1. The van der Waals surface area contributed by atoms with Crippen LogP contribution in [0, 0.1) is 6.92 Å². The Bertz CT molecular complexity index is 969. The van der Waals surface area contributed by atoms with E-state index in [1.165, 1.54) is 12.1 Å². The minimum atomic E-state index is -3.87. The molecule has 1 aromatic carbocycles. The maximum atomic E-state index is 12.7. The Hall–Kier alpha value is -2.49. The van der Waals surface area contributed by atoms with Crippen molar-refractivity contribution in [2.45, 2.75) is 18.4 Å². The van der Waals surface area contributed by atoms with Gasteiger partial charge in [0.25, 0.3) is 5.91 Å². The van der Waals surface area contributed by atoms with E-state index in [0.717, 1.165) is 37.6 Å². The highest BCUT2D eigenvalue weighted by atomic mass is 32.2. The molecule has 0 saturated carbocycles. The fourth-order valence-corrected chi connectivity index (χ4v) is 3.70. The summed E-state index contributed by atoms with van der Waals surface area (Å²) in [6, 6.07) is 8.07. The fraction of sp³-hybridized carbons (Fsp3) is 0.368. The van der Waals surface area contributed by atoms with Gasteiger partial charge in [-0.15, -0.1) is 0 Å². The number of carbonyl (C=O) groups is 1. The van der Waals surface area contributed by atoms with Crippen molar-refractivity contribution < 1.29 is 13.2 Å². The van der Waals surface area contributed by atoms with Gasteiger partial charge in [-0.3, -0.25) is 4.79 Å². The molecule has 0 bridgehead atoms. The van der Waals surface area contributed by atoms with E-state index in [9.17, 15) is 13.2 Å². The van der Waals surface area contributed by atoms with Crippen LogP contribution in [0.15, 0.2) is 41.4 Å². The Balaban J connectivity index is 1.76. The molecule has 3 rings (SSSR count). The number of hydrogen-bond donors (Lipinski definition) is 2. The molecule has 28 heavy (non-hydrogen) atoms. The van der Waals surface area contributed by atoms with Crippen molar-refractivity contribution in [2.75, 3.05) is 38.1 Å². The molecular formula is C19H25N5O3S. The number of nitrogens with one attached hydrogen (secondary N) is 1. The molecule has 8 nitrogen and oxygen atoms in total. The summed E-state index contributed by atoms with van der Waals surface area (Å²) in [4.78, 5) is 21.6. The second-order valence-electron chi connectivity index (χ2n) is 6.98. The Morgan fingerprint density at radius 1 is 1.21 bits per heavy atom. The highest BCUT2D eigenvalue weighted by molar-refractivity contribution is 7.89. The van der Waals surface area contributed by atoms with Gasteiger partial charge in [0, 0.05) is 50.0 Å². The molecule has 1 fully saturated rings. The van der Waals surface area contributed by atoms with Crippen LogP contribution >= 0.6 is 0 Å². The Labute approximate surface area is 165 Å². The number of sulfonamides is 1. The number of nitrogens with two attached hydrogens (primary N) is 1. The van der Waals surface area contributed by atoms with E-state index in [4.69, 9.17) is 5.14 Å². The first kappa shape index (κ1) is 20.2. The molecule has 150 valence electrons. The molecule has 0 spiro atoms. The van der Waals surface area contributed by atoms with Crippen LogP contribution in [0.25, 0.3) is 0 Å². The molecule has 1 saturated heterocycles. The number of piperazine rings is 1. The molecule has 3 N–H and O–H groups in total. The van der Waals surface area contributed by atoms with Crippen LogP contribution in [0.5, 0.6) is 0 Å². The van der Waals surface area contributed by atoms with Gasteiger partial charge in [0.2, 0.25) is 10.0 Å². The highest BCUT2D eigenvalue weighted by Crippen LogP contribution is 2.19. The first-order chi connectivity index (χ1) is 13.3. The number of hydrogen-bond acceptors (Lipinski definition) is 6. The number of aryl methyl sites for hydroxylation is 1. The first-order valence-electron chi connectivity index (χ1n) is 9.05. The van der Waals surface area contributed by atoms with Crippen LogP contribution in [0.4, 0.5) is 5.82 Å². The van der Waals surface area contributed by atoms with Gasteiger partial charge < -0.3 is 15.1 Å². The van der Waals surface area contributed by atoms with Gasteiger partial charge >= 0.3 is 0 Å². The number of benzene rings is 1. The van der Waals surface area contributed by atoms with Crippen molar-refractivity contribution in [3.05, 3.63) is 53.2 Å². The van der Waals surface area contributed by atoms with Crippen LogP contribution in [0.3, 0.4) is 0 Å². The minimum Gasteiger partial charge on any atom is -0.354 e. The lowest BCUT2D eigenvalue weighted by Crippen LogP contribution is -2.45. The Morgan fingerprint density at radius 3 is 2.61 bits per heavy atom. The van der Waals surface area contributed by atoms with Crippen molar-refractivity contribution in [1.29, 1.82) is 0 Å². The lowest BCUT2D eigenvalue weighted by Gasteiger charge is -2.34. The largest absolute Gasteiger partial charge is 0.354 e. The fourth-order valence-electron chi connectivity index (χ4n) is 3.16. The van der Waals surface area contributed by atoms with Crippen molar-refractivity contribution in [2.24, 2.45) is 5.14 Å². The smallest absolute Gasteiger partial charge is 0.251 e. The van der Waals surface area contributed by atoms with Crippen molar-refractivity contribution in [3.8, 4) is 0 Å². The molecule has 2 heterocycles. The molecule has 2 aromatic rings. The molecule has 1 aliphatic heterocycles. The van der Waals surface area contributed by atoms with Gasteiger partial charge in [0.15, 0.2) is 0 Å². The summed E-state index contributed by atoms with van der Waals surface area (Å²) in [5, 5.41) is 8.05. The van der Waals surface area contributed by atoms with E-state index in [0.29, 0.717) is 12.1 Å². The predicted molar refractivity (Wildman–Crippen MR) is 108 cm³/mol. The van der Waals surface area contributed by atoms with Crippen LogP contribution in [0.2, 0.25) is 0 Å². The summed E-state index contributed by atoms with van der Waals surface area (Å²) in [7, 11) is -1.78. The average Bonchev–Trinajstić information content (AvgIpc) is 2.66. The number of nitrogens with zero attached hydrogens (tertiary/aromatic N) is 3. The second kappa shape index (κ2) is 8.26. The quantitative estimate of drug-likeness (QED) is 0.761. The lowest BCUT2D eigenvalue weighted by atomic mass is 10.1. The zero-order valence-corrected chi connectivity index (χ0v) is 16.9. The molecule has 0 unspecified atom stereocenters. The van der Waals surface area contributed by atoms with Crippen LogP contribution < -0.4 is 15.4 Å². The highest BCUT2D eigenvalue weighted by Gasteiger charge is 2.19. The van der Waals surface area contributed by atoms with Gasteiger partial charge in [-0.25, -0.2) is 18.5 Å². The third-order valence-electron chi connectivity index (χ3n) is 4.89. The van der Waals surface area contributed by atoms with Gasteiger partial charge in [-0.1, -0.05) is 12.1 Å². The van der Waals surface area contributed by atoms with Gasteiger partial charge in [0.05, 0.1) is 4.90 Å². The third-order valence-corrected chi connectivity index (χ3v) is 5.80. The van der Waals surface area contributed by atoms with Gasteiger partial charge in [-0.05, 0) is 37.7 Å². The van der Waals surface area contributed by atoms with Crippen LogP contribution in [0.1, 0.15) is 21.5 Å². The molecule has 1 aromatic heterocycles. The number of carbonyl (C=O) groups excluding carboxylic acids is 1. The summed E-state index contributed by atoms with van der Waals surface area (Å²) >= 11 is 0. The Morgan fingerprint density at radius 2 is 1.93 bits per heavy atom. The molecule has 9 heteroatoms. The summed E-state index contributed by atoms with van der Waals surface area (Å²) in [6.07, 6.45) is 1.75. The SMILES string of the molecule is Cc1ccc(S(N)(=O)=O)cc1C(=O)NCc1cccnc1N1CCN(C)CC1. The summed E-state index contributed by atoms with van der Waals surface area (Å²) in [5.41, 5.74) is 1.88. The minimum absolute atomic E-state index is 0.0808. The van der Waals surface area contributed by atoms with E-state index < -0.39 is 10.0 Å². The van der Waals surface area contributed by atoms with E-state index in [1.54, 1.807) is 19.2 Å². The zero-order valence-electron chi connectivity index (χ0n) is 16.1. The Kier molecular flexibility index (Phi) is 5.97. The maximum Gasteiger partial charge on any atom is 0.251 e. The predicted octanol–water partition coefficient (Wildman–Crippen LogP) is 0.719. The molecule has 1 amide bonds. The first-order valence-corrected chi connectivity index (χ1v) is 10.6. The summed E-state index contributed by atoms with van der Waals surface area (Å²) < 4.78 is 23.1. The number of likely N-dealkylation sites (N-methyl/N-ethyl adjacent to an activating group) is 1. The number of pyridine rings is 1. The lowest BCUT2D eigenvalue weighted by molar-refractivity contribution is 0.0950. The van der Waals surface area contributed by atoms with Crippen molar-refractivity contribution in [1.82, 2.24) is 15.2 Å². The van der Waals surface area contributed by atoms with Gasteiger partial charge in [0.1, 0.15) is 5.82 Å². The normalized spacial score (nSPS) is 15.5. The van der Waals surface area contributed by atoms with E-state index >= 15 is 0 Å². The second-order valence-corrected chi connectivity index (χ2v) is 8.54. The molecule has 0 aliphatic carbocycles. The third kappa shape index (κ3) is 4.67. The monoisotopic (exact) mass is 403 g/mol. The van der Waals surface area contributed by atoms with Crippen LogP contribution in [-0.2, 0) is 16.6 Å². The molecule has 0 atom stereocenters. The summed E-state index contributed by atoms with van der Waals surface area (Å²) in [5.74, 6) is 0.516. The molecule has 0 radical (unpaired) electrons. The standard InChI is InChI=1S/C19H25N5O3S/c1-14-5-6-16(28(20,26)27)12-17(14)19(25)22-13-15-4-3-7-21-18(15)24-10-8-23(2)9-11-24/h3-7,12H,8-11,13H2,1-2H3,(H,22,25)(H2,20,26,27). The number of rotatable bonds is 5. The van der Waals surface area contributed by atoms with Crippen LogP contribution in [-0.4, -0.2) is 57.4 Å². The topological polar surface area (TPSA) is 109 Å². The van der Waals surface area contributed by atoms with Crippen molar-refractivity contribution >= 4 is 21.7 Å². The van der Waals surface area contributed by atoms with E-state index in [2.05, 4.69) is 27.1 Å².